The van der Waals surface area contributed by atoms with E-state index in [1.54, 1.807) is 0 Å². The van der Waals surface area contributed by atoms with Crippen molar-refractivity contribution in [3.63, 3.8) is 0 Å². The summed E-state index contributed by atoms with van der Waals surface area (Å²) in [4.78, 5) is 10.1. The zero-order chi connectivity index (χ0) is 6.15. The average molecular weight is 116 g/mol. The molecule has 2 atom stereocenters. The summed E-state index contributed by atoms with van der Waals surface area (Å²) in [6.07, 6.45) is -0.532. The second kappa shape index (κ2) is 1.74. The topological polar surface area (TPSA) is 46.5 Å². The molecule has 46 valence electrons. The van der Waals surface area contributed by atoms with Gasteiger partial charge in [0.15, 0.2) is 6.10 Å². The summed E-state index contributed by atoms with van der Waals surface area (Å²) < 4.78 is 4.70. The van der Waals surface area contributed by atoms with E-state index in [2.05, 4.69) is 0 Å². The van der Waals surface area contributed by atoms with E-state index in [9.17, 15) is 4.79 Å². The number of hydrogen-bond acceptors (Lipinski definition) is 2. The van der Waals surface area contributed by atoms with Crippen LogP contribution in [0.1, 0.15) is 6.92 Å². The maximum atomic E-state index is 10.1. The number of hydrogen-bond donors (Lipinski definition) is 1. The van der Waals surface area contributed by atoms with Crippen molar-refractivity contribution in [2.24, 2.45) is 5.92 Å². The maximum absolute atomic E-state index is 10.1. The van der Waals surface area contributed by atoms with Crippen molar-refractivity contribution in [3.8, 4) is 0 Å². The lowest BCUT2D eigenvalue weighted by Crippen LogP contribution is -2.43. The third kappa shape index (κ3) is 0.690. The normalized spacial score (nSPS) is 36.1. The molecule has 0 radical (unpaired) electrons. The Morgan fingerprint density at radius 2 is 2.50 bits per heavy atom. The predicted octanol–water partition coefficient (Wildman–Crippen LogP) is 0.106. The van der Waals surface area contributed by atoms with E-state index in [-0.39, 0.29) is 5.92 Å². The van der Waals surface area contributed by atoms with Crippen molar-refractivity contribution >= 4 is 5.97 Å². The van der Waals surface area contributed by atoms with Crippen molar-refractivity contribution in [1.82, 2.24) is 0 Å². The first kappa shape index (κ1) is 5.56. The third-order valence-corrected chi connectivity index (χ3v) is 1.30. The van der Waals surface area contributed by atoms with E-state index >= 15 is 0 Å². The molecule has 1 N–H and O–H groups in total. The number of aliphatic carboxylic acids is 1. The number of ether oxygens (including phenoxy) is 1. The van der Waals surface area contributed by atoms with Gasteiger partial charge in [0, 0.05) is 5.92 Å². The zero-order valence-corrected chi connectivity index (χ0v) is 4.63. The monoisotopic (exact) mass is 116 g/mol. The van der Waals surface area contributed by atoms with Gasteiger partial charge < -0.3 is 9.84 Å². The van der Waals surface area contributed by atoms with Crippen LogP contribution in [0.5, 0.6) is 0 Å². The predicted molar refractivity (Wildman–Crippen MR) is 26.5 cm³/mol. The van der Waals surface area contributed by atoms with E-state index in [1.807, 2.05) is 6.92 Å². The molecule has 0 aromatic heterocycles. The fraction of sp³-hybridized carbons (Fsp3) is 0.800. The highest BCUT2D eigenvalue weighted by atomic mass is 16.5. The highest BCUT2D eigenvalue weighted by Gasteiger charge is 2.33. The first-order chi connectivity index (χ1) is 3.72. The fourth-order valence-electron chi connectivity index (χ4n) is 0.700. The Bertz CT molecular complexity index is 110. The first-order valence-corrected chi connectivity index (χ1v) is 2.56. The van der Waals surface area contributed by atoms with Crippen molar-refractivity contribution < 1.29 is 14.6 Å². The summed E-state index contributed by atoms with van der Waals surface area (Å²) in [5.41, 5.74) is 0. The molecule has 3 heteroatoms. The van der Waals surface area contributed by atoms with E-state index < -0.39 is 12.1 Å². The Kier molecular flexibility index (Phi) is 1.21. The van der Waals surface area contributed by atoms with Gasteiger partial charge in [-0.25, -0.2) is 4.79 Å². The quantitative estimate of drug-likeness (QED) is 0.528. The van der Waals surface area contributed by atoms with E-state index in [1.165, 1.54) is 0 Å². The van der Waals surface area contributed by atoms with Gasteiger partial charge in [-0.2, -0.15) is 0 Å². The molecular formula is C5H8O3. The molecular weight excluding hydrogens is 108 g/mol. The van der Waals surface area contributed by atoms with Crippen molar-refractivity contribution in [2.45, 2.75) is 13.0 Å². The molecule has 3 nitrogen and oxygen atoms in total. The molecule has 0 aliphatic carbocycles. The smallest absolute Gasteiger partial charge is 0.333 e. The summed E-state index contributed by atoms with van der Waals surface area (Å²) in [5.74, 6) is -0.642. The summed E-state index contributed by atoms with van der Waals surface area (Å²) >= 11 is 0. The van der Waals surface area contributed by atoms with Gasteiger partial charge in [-0.3, -0.25) is 0 Å². The van der Waals surface area contributed by atoms with Crippen LogP contribution in [0.2, 0.25) is 0 Å². The van der Waals surface area contributed by atoms with Gasteiger partial charge in [0.2, 0.25) is 0 Å². The molecule has 1 saturated heterocycles. The third-order valence-electron chi connectivity index (χ3n) is 1.30. The Morgan fingerprint density at radius 3 is 2.50 bits per heavy atom. The molecule has 1 fully saturated rings. The van der Waals surface area contributed by atoms with Crippen LogP contribution in [0, 0.1) is 5.92 Å². The molecule has 0 amide bonds. The van der Waals surface area contributed by atoms with Crippen LogP contribution in [-0.2, 0) is 9.53 Å². The second-order valence-electron chi connectivity index (χ2n) is 2.07. The Balaban J connectivity index is 2.37. The SMILES string of the molecule is C[C@@H]1CO[C@H]1C(=O)O. The van der Waals surface area contributed by atoms with Gasteiger partial charge in [-0.15, -0.1) is 0 Å². The molecule has 0 spiro atoms. The van der Waals surface area contributed by atoms with Crippen LogP contribution in [0.25, 0.3) is 0 Å². The molecule has 1 heterocycles. The maximum Gasteiger partial charge on any atom is 0.333 e. The van der Waals surface area contributed by atoms with Crippen LogP contribution in [-0.4, -0.2) is 23.8 Å². The average Bonchev–Trinajstić information content (AvgIpc) is 1.61. The summed E-state index contributed by atoms with van der Waals surface area (Å²) in [7, 11) is 0. The van der Waals surface area contributed by atoms with Crippen LogP contribution in [0.3, 0.4) is 0 Å². The highest BCUT2D eigenvalue weighted by molar-refractivity contribution is 5.73. The number of carboxylic acid groups (broad SMARTS) is 1. The zero-order valence-electron chi connectivity index (χ0n) is 4.63. The van der Waals surface area contributed by atoms with E-state index in [0.717, 1.165) is 0 Å². The molecule has 0 aromatic rings. The summed E-state index contributed by atoms with van der Waals surface area (Å²) in [6, 6.07) is 0. The fourth-order valence-corrected chi connectivity index (χ4v) is 0.700. The minimum absolute atomic E-state index is 0.201. The lowest BCUT2D eigenvalue weighted by atomic mass is 10.0. The number of carboxylic acids is 1. The molecule has 1 aliphatic heterocycles. The highest BCUT2D eigenvalue weighted by Crippen LogP contribution is 2.18. The lowest BCUT2D eigenvalue weighted by Gasteiger charge is -2.30. The summed E-state index contributed by atoms with van der Waals surface area (Å²) in [5, 5.41) is 8.28. The molecule has 0 aromatic carbocycles. The van der Waals surface area contributed by atoms with Crippen LogP contribution in [0.4, 0.5) is 0 Å². The molecule has 0 bridgehead atoms. The van der Waals surface area contributed by atoms with Crippen molar-refractivity contribution in [3.05, 3.63) is 0 Å². The minimum Gasteiger partial charge on any atom is -0.479 e. The molecule has 0 unspecified atom stereocenters. The lowest BCUT2D eigenvalue weighted by molar-refractivity contribution is -0.175. The van der Waals surface area contributed by atoms with Crippen molar-refractivity contribution in [1.29, 1.82) is 0 Å². The molecule has 0 saturated carbocycles. The van der Waals surface area contributed by atoms with Crippen molar-refractivity contribution in [2.75, 3.05) is 6.61 Å². The Labute approximate surface area is 47.3 Å². The summed E-state index contributed by atoms with van der Waals surface area (Å²) in [6.45, 7) is 2.46. The van der Waals surface area contributed by atoms with Gasteiger partial charge in [0.25, 0.3) is 0 Å². The number of carbonyl (C=O) groups is 1. The van der Waals surface area contributed by atoms with Gasteiger partial charge in [-0.05, 0) is 0 Å². The van der Waals surface area contributed by atoms with Gasteiger partial charge in [0.1, 0.15) is 0 Å². The van der Waals surface area contributed by atoms with Gasteiger partial charge in [0.05, 0.1) is 6.61 Å². The standard InChI is InChI=1S/C5H8O3/c1-3-2-8-4(3)5(6)7/h3-4H,2H2,1H3,(H,6,7)/t3-,4-/m1/s1. The Morgan fingerprint density at radius 1 is 1.88 bits per heavy atom. The minimum atomic E-state index is -0.844. The van der Waals surface area contributed by atoms with Gasteiger partial charge >= 0.3 is 5.97 Å². The van der Waals surface area contributed by atoms with Crippen LogP contribution >= 0.6 is 0 Å². The van der Waals surface area contributed by atoms with Gasteiger partial charge in [-0.1, -0.05) is 6.92 Å². The molecule has 8 heavy (non-hydrogen) atoms. The van der Waals surface area contributed by atoms with E-state index in [4.69, 9.17) is 9.84 Å². The Hall–Kier alpha value is -0.570. The van der Waals surface area contributed by atoms with E-state index in [0.29, 0.717) is 6.61 Å². The molecule has 1 aliphatic rings. The second-order valence-corrected chi connectivity index (χ2v) is 2.07. The van der Waals surface area contributed by atoms with Crippen LogP contribution < -0.4 is 0 Å². The number of rotatable bonds is 1. The van der Waals surface area contributed by atoms with Crippen LogP contribution in [0.15, 0.2) is 0 Å². The largest absolute Gasteiger partial charge is 0.479 e. The molecule has 1 rings (SSSR count). The first-order valence-electron chi connectivity index (χ1n) is 2.56.